The van der Waals surface area contributed by atoms with Crippen LogP contribution in [-0.2, 0) is 13.0 Å². The Labute approximate surface area is 109 Å². The number of aromatic nitrogens is 2. The highest BCUT2D eigenvalue weighted by Crippen LogP contribution is 2.19. The van der Waals surface area contributed by atoms with Gasteiger partial charge in [-0.25, -0.2) is 4.68 Å². The highest BCUT2D eigenvalue weighted by Gasteiger charge is 2.10. The van der Waals surface area contributed by atoms with E-state index in [0.29, 0.717) is 0 Å². The minimum Gasteiger partial charge on any atom is -0.316 e. The van der Waals surface area contributed by atoms with Crippen LogP contribution in [0.4, 0.5) is 0 Å². The molecule has 0 fully saturated rings. The normalized spacial score (nSPS) is 10.9. The van der Waals surface area contributed by atoms with Gasteiger partial charge in [0.2, 0.25) is 0 Å². The third-order valence-electron chi connectivity index (χ3n) is 3.33. The van der Waals surface area contributed by atoms with Crippen molar-refractivity contribution in [3.05, 3.63) is 46.8 Å². The fourth-order valence-electron chi connectivity index (χ4n) is 2.44. The summed E-state index contributed by atoms with van der Waals surface area (Å²) in [6.07, 6.45) is 1.04. The maximum Gasteiger partial charge on any atom is 0.0652 e. The summed E-state index contributed by atoms with van der Waals surface area (Å²) in [6, 6.07) is 8.52. The highest BCUT2D eigenvalue weighted by atomic mass is 15.3. The summed E-state index contributed by atoms with van der Waals surface area (Å²) in [6.45, 7) is 7.29. The second-order valence-corrected chi connectivity index (χ2v) is 4.61. The van der Waals surface area contributed by atoms with E-state index >= 15 is 0 Å². The van der Waals surface area contributed by atoms with Crippen molar-refractivity contribution in [1.82, 2.24) is 15.1 Å². The van der Waals surface area contributed by atoms with Crippen molar-refractivity contribution < 1.29 is 0 Å². The molecule has 2 rings (SSSR count). The minimum absolute atomic E-state index is 0.883. The zero-order chi connectivity index (χ0) is 13.1. The summed E-state index contributed by atoms with van der Waals surface area (Å²) in [4.78, 5) is 0. The Kier molecular flexibility index (Phi) is 3.82. The second-order valence-electron chi connectivity index (χ2n) is 4.61. The van der Waals surface area contributed by atoms with Gasteiger partial charge in [-0.15, -0.1) is 0 Å². The van der Waals surface area contributed by atoms with Crippen LogP contribution in [0.2, 0.25) is 0 Å². The van der Waals surface area contributed by atoms with Crippen molar-refractivity contribution in [1.29, 1.82) is 0 Å². The van der Waals surface area contributed by atoms with Gasteiger partial charge in [-0.2, -0.15) is 5.10 Å². The topological polar surface area (TPSA) is 29.9 Å². The van der Waals surface area contributed by atoms with E-state index in [2.05, 4.69) is 55.5 Å². The summed E-state index contributed by atoms with van der Waals surface area (Å²) < 4.78 is 2.05. The molecule has 1 aromatic heterocycles. The summed E-state index contributed by atoms with van der Waals surface area (Å²) in [5.74, 6) is 0. The van der Waals surface area contributed by atoms with Crippen molar-refractivity contribution in [2.24, 2.45) is 0 Å². The van der Waals surface area contributed by atoms with Crippen LogP contribution in [0.5, 0.6) is 0 Å². The first kappa shape index (κ1) is 12.8. The first-order chi connectivity index (χ1) is 8.67. The lowest BCUT2D eigenvalue weighted by atomic mass is 10.1. The van der Waals surface area contributed by atoms with Crippen LogP contribution in [0.15, 0.2) is 24.3 Å². The number of hydrogen-bond acceptors (Lipinski definition) is 2. The van der Waals surface area contributed by atoms with E-state index in [0.717, 1.165) is 24.3 Å². The Morgan fingerprint density at radius 1 is 1.28 bits per heavy atom. The number of hydrogen-bond donors (Lipinski definition) is 1. The Balaban J connectivity index is 2.45. The molecule has 1 N–H and O–H groups in total. The first-order valence-corrected chi connectivity index (χ1v) is 6.46. The van der Waals surface area contributed by atoms with Gasteiger partial charge in [-0.3, -0.25) is 0 Å². The molecule has 0 atom stereocenters. The van der Waals surface area contributed by atoms with Crippen LogP contribution < -0.4 is 5.32 Å². The molecule has 3 heteroatoms. The van der Waals surface area contributed by atoms with Gasteiger partial charge in [0.05, 0.1) is 11.4 Å². The minimum atomic E-state index is 0.883. The average molecular weight is 243 g/mol. The summed E-state index contributed by atoms with van der Waals surface area (Å²) in [5, 5.41) is 7.82. The monoisotopic (exact) mass is 243 g/mol. The summed E-state index contributed by atoms with van der Waals surface area (Å²) >= 11 is 0. The zero-order valence-electron chi connectivity index (χ0n) is 11.6. The Hall–Kier alpha value is -1.61. The smallest absolute Gasteiger partial charge is 0.0652 e. The van der Waals surface area contributed by atoms with E-state index in [-0.39, 0.29) is 0 Å². The molecule has 96 valence electrons. The summed E-state index contributed by atoms with van der Waals surface area (Å²) in [5.41, 5.74) is 6.16. The van der Waals surface area contributed by atoms with Crippen molar-refractivity contribution in [2.75, 3.05) is 7.05 Å². The predicted octanol–water partition coefficient (Wildman–Crippen LogP) is 2.77. The van der Waals surface area contributed by atoms with Gasteiger partial charge < -0.3 is 5.32 Å². The first-order valence-electron chi connectivity index (χ1n) is 6.46. The average Bonchev–Trinajstić information content (AvgIpc) is 2.65. The van der Waals surface area contributed by atoms with Crippen LogP contribution in [-0.4, -0.2) is 16.8 Å². The van der Waals surface area contributed by atoms with Gasteiger partial charge in [-0.05, 0) is 50.6 Å². The quantitative estimate of drug-likeness (QED) is 0.895. The molecular weight excluding hydrogens is 222 g/mol. The SMILES string of the molecule is CCc1c(C)nn(-c2cccc(CNC)c2)c1C. The van der Waals surface area contributed by atoms with Crippen LogP contribution in [0, 0.1) is 13.8 Å². The van der Waals surface area contributed by atoms with Gasteiger partial charge in [0.25, 0.3) is 0 Å². The number of benzene rings is 1. The molecule has 0 bridgehead atoms. The molecule has 18 heavy (non-hydrogen) atoms. The van der Waals surface area contributed by atoms with Gasteiger partial charge in [0.15, 0.2) is 0 Å². The van der Waals surface area contributed by atoms with Gasteiger partial charge in [-0.1, -0.05) is 19.1 Å². The standard InChI is InChI=1S/C15H21N3/c1-5-15-11(2)17-18(12(15)3)14-8-6-7-13(9-14)10-16-4/h6-9,16H,5,10H2,1-4H3. The number of rotatable bonds is 4. The lowest BCUT2D eigenvalue weighted by molar-refractivity contribution is 0.803. The van der Waals surface area contributed by atoms with Crippen LogP contribution in [0.25, 0.3) is 5.69 Å². The predicted molar refractivity (Wildman–Crippen MR) is 75.2 cm³/mol. The third-order valence-corrected chi connectivity index (χ3v) is 3.33. The Morgan fingerprint density at radius 2 is 2.06 bits per heavy atom. The molecule has 0 spiro atoms. The van der Waals surface area contributed by atoms with Gasteiger partial charge >= 0.3 is 0 Å². The van der Waals surface area contributed by atoms with Crippen LogP contribution >= 0.6 is 0 Å². The van der Waals surface area contributed by atoms with Crippen LogP contribution in [0.3, 0.4) is 0 Å². The largest absolute Gasteiger partial charge is 0.316 e. The molecular formula is C15H21N3. The lowest BCUT2D eigenvalue weighted by Gasteiger charge is -2.07. The maximum absolute atomic E-state index is 4.65. The molecule has 1 heterocycles. The number of nitrogens with one attached hydrogen (secondary N) is 1. The van der Waals surface area contributed by atoms with Crippen molar-refractivity contribution in [2.45, 2.75) is 33.7 Å². The fourth-order valence-corrected chi connectivity index (χ4v) is 2.44. The molecule has 0 aliphatic heterocycles. The molecule has 0 radical (unpaired) electrons. The van der Waals surface area contributed by atoms with Crippen LogP contribution in [0.1, 0.15) is 29.4 Å². The molecule has 0 aliphatic rings. The third kappa shape index (κ3) is 2.31. The highest BCUT2D eigenvalue weighted by molar-refractivity contribution is 5.39. The van der Waals surface area contributed by atoms with E-state index in [4.69, 9.17) is 0 Å². The van der Waals surface area contributed by atoms with Gasteiger partial charge in [0.1, 0.15) is 0 Å². The molecule has 1 aromatic carbocycles. The lowest BCUT2D eigenvalue weighted by Crippen LogP contribution is -2.06. The van der Waals surface area contributed by atoms with E-state index in [1.165, 1.54) is 16.8 Å². The van der Waals surface area contributed by atoms with Gasteiger partial charge in [0, 0.05) is 12.2 Å². The van der Waals surface area contributed by atoms with E-state index in [1.807, 2.05) is 11.7 Å². The molecule has 0 unspecified atom stereocenters. The fraction of sp³-hybridized carbons (Fsp3) is 0.400. The Morgan fingerprint density at radius 3 is 2.67 bits per heavy atom. The van der Waals surface area contributed by atoms with Crippen molar-refractivity contribution in [3.63, 3.8) is 0 Å². The van der Waals surface area contributed by atoms with E-state index in [1.54, 1.807) is 0 Å². The van der Waals surface area contributed by atoms with Crippen molar-refractivity contribution >= 4 is 0 Å². The van der Waals surface area contributed by atoms with Crippen molar-refractivity contribution in [3.8, 4) is 5.69 Å². The number of nitrogens with zero attached hydrogens (tertiary/aromatic N) is 2. The second kappa shape index (κ2) is 5.36. The Bertz CT molecular complexity index is 541. The van der Waals surface area contributed by atoms with E-state index in [9.17, 15) is 0 Å². The number of aryl methyl sites for hydroxylation is 1. The molecule has 0 saturated heterocycles. The molecule has 3 nitrogen and oxygen atoms in total. The molecule has 0 amide bonds. The maximum atomic E-state index is 4.65. The van der Waals surface area contributed by atoms with E-state index < -0.39 is 0 Å². The molecule has 0 saturated carbocycles. The molecule has 2 aromatic rings. The summed E-state index contributed by atoms with van der Waals surface area (Å²) in [7, 11) is 1.96. The zero-order valence-corrected chi connectivity index (χ0v) is 11.6. The molecule has 0 aliphatic carbocycles.